The van der Waals surface area contributed by atoms with Crippen LogP contribution < -0.4 is 4.90 Å². The van der Waals surface area contributed by atoms with E-state index in [1.165, 1.54) is 11.6 Å². The topological polar surface area (TPSA) is 86.3 Å². The first kappa shape index (κ1) is 24.4. The van der Waals surface area contributed by atoms with E-state index in [1.54, 1.807) is 10.8 Å². The Hall–Kier alpha value is -4.30. The van der Waals surface area contributed by atoms with E-state index in [1.807, 2.05) is 37.5 Å². The Kier molecular flexibility index (Phi) is 7.09. The fourth-order valence-corrected chi connectivity index (χ4v) is 4.29. The summed E-state index contributed by atoms with van der Waals surface area (Å²) in [6, 6.07) is 10.2. The number of nitrogens with zero attached hydrogens (tertiary/aromatic N) is 5. The molecule has 1 aromatic carbocycles. The Bertz CT molecular complexity index is 1500. The highest BCUT2D eigenvalue weighted by atomic mass is 16.5. The molecule has 4 heterocycles. The number of allylic oxidation sites excluding steroid dienone is 5. The zero-order valence-corrected chi connectivity index (χ0v) is 21.1. The number of aromatic nitrogens is 4. The third-order valence-corrected chi connectivity index (χ3v) is 6.34. The van der Waals surface area contributed by atoms with Crippen LogP contribution in [0.2, 0.25) is 0 Å². The van der Waals surface area contributed by atoms with E-state index in [2.05, 4.69) is 41.7 Å². The maximum atomic E-state index is 11.2. The number of benzene rings is 1. The molecule has 0 saturated carbocycles. The van der Waals surface area contributed by atoms with E-state index >= 15 is 0 Å². The third-order valence-electron chi connectivity index (χ3n) is 6.34. The minimum Gasteiger partial charge on any atom is -0.451 e. The first-order valence-corrected chi connectivity index (χ1v) is 12.3. The zero-order chi connectivity index (χ0) is 25.8. The number of rotatable bonds is 8. The molecule has 1 fully saturated rings. The SMILES string of the molecule is C=C/C(C=O)=C\C=C(/CC)c1cc2nc(-n3cc(-c4cccc(C)c4)cn3)nc(N3CCOCC3)c2o1. The molecule has 1 aliphatic rings. The van der Waals surface area contributed by atoms with Crippen LogP contribution in [0.4, 0.5) is 5.82 Å². The summed E-state index contributed by atoms with van der Waals surface area (Å²) in [5.74, 6) is 1.87. The fourth-order valence-electron chi connectivity index (χ4n) is 4.29. The second-order valence-electron chi connectivity index (χ2n) is 8.85. The smallest absolute Gasteiger partial charge is 0.253 e. The maximum absolute atomic E-state index is 11.2. The summed E-state index contributed by atoms with van der Waals surface area (Å²) in [7, 11) is 0. The Labute approximate surface area is 215 Å². The summed E-state index contributed by atoms with van der Waals surface area (Å²) < 4.78 is 13.6. The minimum atomic E-state index is 0.470. The standard InChI is InChI=1S/C29H29N5O3/c1-4-21(19-35)9-10-22(5-2)26-16-25-27(37-26)28(33-11-13-36-14-12-33)32-29(31-25)34-18-24(17-30-34)23-8-6-7-20(3)15-23/h4,6-10,15-19H,1,5,11-14H2,2-3H3/b21-9+,22-10+. The molecule has 0 radical (unpaired) electrons. The third kappa shape index (κ3) is 5.15. The quantitative estimate of drug-likeness (QED) is 0.186. The summed E-state index contributed by atoms with van der Waals surface area (Å²) in [6.45, 7) is 10.4. The van der Waals surface area contributed by atoms with Gasteiger partial charge in [0.05, 0.1) is 19.4 Å². The lowest BCUT2D eigenvalue weighted by molar-refractivity contribution is -0.104. The maximum Gasteiger partial charge on any atom is 0.253 e. The van der Waals surface area contributed by atoms with Crippen LogP contribution in [-0.2, 0) is 9.53 Å². The molecule has 0 unspecified atom stereocenters. The van der Waals surface area contributed by atoms with Crippen LogP contribution in [0.15, 0.2) is 77.5 Å². The fraction of sp³-hybridized carbons (Fsp3) is 0.241. The van der Waals surface area contributed by atoms with Crippen molar-refractivity contribution in [1.29, 1.82) is 0 Å². The lowest BCUT2D eigenvalue weighted by atomic mass is 10.1. The molecule has 3 aromatic heterocycles. The van der Waals surface area contributed by atoms with E-state index < -0.39 is 0 Å². The molecule has 1 aliphatic heterocycles. The predicted molar refractivity (Wildman–Crippen MR) is 145 cm³/mol. The largest absolute Gasteiger partial charge is 0.451 e. The lowest BCUT2D eigenvalue weighted by Crippen LogP contribution is -2.37. The van der Waals surface area contributed by atoms with E-state index in [0.29, 0.717) is 66.9 Å². The van der Waals surface area contributed by atoms with Gasteiger partial charge in [-0.15, -0.1) is 0 Å². The van der Waals surface area contributed by atoms with Crippen molar-refractivity contribution in [3.63, 3.8) is 0 Å². The van der Waals surface area contributed by atoms with E-state index in [9.17, 15) is 4.79 Å². The number of carbonyl (C=O) groups is 1. The molecule has 8 nitrogen and oxygen atoms in total. The van der Waals surface area contributed by atoms with Crippen molar-refractivity contribution in [2.75, 3.05) is 31.2 Å². The molecular formula is C29H29N5O3. The number of carbonyl (C=O) groups excluding carboxylic acids is 1. The molecule has 0 bridgehead atoms. The van der Waals surface area contributed by atoms with E-state index in [4.69, 9.17) is 19.1 Å². The summed E-state index contributed by atoms with van der Waals surface area (Å²) in [5.41, 5.74) is 6.02. The number of hydrogen-bond acceptors (Lipinski definition) is 7. The van der Waals surface area contributed by atoms with Crippen molar-refractivity contribution in [3.05, 3.63) is 84.4 Å². The zero-order valence-electron chi connectivity index (χ0n) is 21.1. The van der Waals surface area contributed by atoms with Crippen molar-refractivity contribution in [2.24, 2.45) is 0 Å². The number of furan rings is 1. The van der Waals surface area contributed by atoms with Crippen LogP contribution >= 0.6 is 0 Å². The van der Waals surface area contributed by atoms with Crippen LogP contribution in [0, 0.1) is 6.92 Å². The molecule has 5 rings (SSSR count). The van der Waals surface area contributed by atoms with Gasteiger partial charge in [-0.25, -0.2) is 9.67 Å². The van der Waals surface area contributed by atoms with Crippen molar-refractivity contribution in [2.45, 2.75) is 20.3 Å². The number of fused-ring (bicyclic) bond motifs is 1. The van der Waals surface area contributed by atoms with Gasteiger partial charge < -0.3 is 14.1 Å². The molecule has 0 N–H and O–H groups in total. The number of aldehydes is 1. The average Bonchev–Trinajstić information content (AvgIpc) is 3.59. The van der Waals surface area contributed by atoms with Gasteiger partial charge in [-0.05, 0) is 24.5 Å². The first-order chi connectivity index (χ1) is 18.1. The molecular weight excluding hydrogens is 466 g/mol. The van der Waals surface area contributed by atoms with Gasteiger partial charge in [0.1, 0.15) is 17.6 Å². The molecule has 0 atom stereocenters. The first-order valence-electron chi connectivity index (χ1n) is 12.3. The van der Waals surface area contributed by atoms with E-state index in [-0.39, 0.29) is 0 Å². The van der Waals surface area contributed by atoms with Crippen LogP contribution in [-0.4, -0.2) is 52.3 Å². The summed E-state index contributed by atoms with van der Waals surface area (Å²) in [6.07, 6.45) is 10.4. The minimum absolute atomic E-state index is 0.470. The molecule has 188 valence electrons. The normalized spacial score (nSPS) is 14.8. The number of ether oxygens (including phenoxy) is 1. The Morgan fingerprint density at radius 3 is 2.70 bits per heavy atom. The highest BCUT2D eigenvalue weighted by molar-refractivity contribution is 5.88. The van der Waals surface area contributed by atoms with Crippen LogP contribution in [0.5, 0.6) is 0 Å². The molecule has 1 saturated heterocycles. The van der Waals surface area contributed by atoms with Gasteiger partial charge in [-0.3, -0.25) is 4.79 Å². The van der Waals surface area contributed by atoms with Crippen molar-refractivity contribution < 1.29 is 13.9 Å². The predicted octanol–water partition coefficient (Wildman–Crippen LogP) is 5.33. The molecule has 4 aromatic rings. The highest BCUT2D eigenvalue weighted by Gasteiger charge is 2.22. The lowest BCUT2D eigenvalue weighted by Gasteiger charge is -2.27. The second-order valence-corrected chi connectivity index (χ2v) is 8.85. The monoisotopic (exact) mass is 495 g/mol. The van der Waals surface area contributed by atoms with Crippen LogP contribution in [0.1, 0.15) is 24.7 Å². The van der Waals surface area contributed by atoms with Gasteiger partial charge in [0, 0.05) is 36.5 Å². The Morgan fingerprint density at radius 1 is 1.14 bits per heavy atom. The van der Waals surface area contributed by atoms with Crippen LogP contribution in [0.3, 0.4) is 0 Å². The molecule has 0 aliphatic carbocycles. The number of morpholine rings is 1. The highest BCUT2D eigenvalue weighted by Crippen LogP contribution is 2.32. The van der Waals surface area contributed by atoms with E-state index in [0.717, 1.165) is 23.0 Å². The van der Waals surface area contributed by atoms with Crippen LogP contribution in [0.25, 0.3) is 33.7 Å². The van der Waals surface area contributed by atoms with Crippen molar-refractivity contribution in [1.82, 2.24) is 19.7 Å². The average molecular weight is 496 g/mol. The van der Waals surface area contributed by atoms with Gasteiger partial charge in [-0.2, -0.15) is 10.1 Å². The Morgan fingerprint density at radius 2 is 1.97 bits per heavy atom. The van der Waals surface area contributed by atoms with Crippen molar-refractivity contribution >= 4 is 28.8 Å². The van der Waals surface area contributed by atoms with Gasteiger partial charge in [-0.1, -0.05) is 61.6 Å². The number of aryl methyl sites for hydroxylation is 1. The second kappa shape index (κ2) is 10.8. The number of anilines is 1. The number of hydrogen-bond donors (Lipinski definition) is 0. The van der Waals surface area contributed by atoms with Gasteiger partial charge in [0.25, 0.3) is 5.95 Å². The molecule has 0 spiro atoms. The van der Waals surface area contributed by atoms with Gasteiger partial charge in [0.2, 0.25) is 0 Å². The molecule has 37 heavy (non-hydrogen) atoms. The van der Waals surface area contributed by atoms with Crippen molar-refractivity contribution in [3.8, 4) is 17.1 Å². The molecule has 0 amide bonds. The summed E-state index contributed by atoms with van der Waals surface area (Å²) in [5, 5.41) is 4.57. The summed E-state index contributed by atoms with van der Waals surface area (Å²) in [4.78, 5) is 23.0. The molecule has 8 heteroatoms. The van der Waals surface area contributed by atoms with Gasteiger partial charge >= 0.3 is 0 Å². The van der Waals surface area contributed by atoms with Gasteiger partial charge in [0.15, 0.2) is 11.4 Å². The summed E-state index contributed by atoms with van der Waals surface area (Å²) >= 11 is 0. The Balaban J connectivity index is 1.60.